The number of nitrogens with zero attached hydrogens (tertiary/aromatic N) is 1. The number of allylic oxidation sites excluding steroid dienone is 1. The zero-order valence-corrected chi connectivity index (χ0v) is 19.9. The number of benzene rings is 2. The van der Waals surface area contributed by atoms with Gasteiger partial charge in [0.25, 0.3) is 5.91 Å². The van der Waals surface area contributed by atoms with Crippen molar-refractivity contribution in [2.75, 3.05) is 25.6 Å². The summed E-state index contributed by atoms with van der Waals surface area (Å²) in [6.07, 6.45) is 0. The number of carbonyl (C=O) groups is 1. The zero-order chi connectivity index (χ0) is 23.0. The zero-order valence-electron chi connectivity index (χ0n) is 19.9. The van der Waals surface area contributed by atoms with E-state index in [1.165, 1.54) is 0 Å². The summed E-state index contributed by atoms with van der Waals surface area (Å²) in [7, 11) is 1.62. The van der Waals surface area contributed by atoms with E-state index >= 15 is 0 Å². The normalized spacial score (nSPS) is 12.2. The Morgan fingerprint density at radius 1 is 0.968 bits per heavy atom. The molecule has 0 heterocycles. The van der Waals surface area contributed by atoms with Crippen LogP contribution >= 0.6 is 0 Å². The Morgan fingerprint density at radius 2 is 1.61 bits per heavy atom. The number of hydrogen-bond donors (Lipinski definition) is 1. The first kappa shape index (κ1) is 24.5. The van der Waals surface area contributed by atoms with Crippen LogP contribution in [0, 0.1) is 0 Å². The Kier molecular flexibility index (Phi) is 9.13. The van der Waals surface area contributed by atoms with Crippen LogP contribution in [-0.2, 0) is 4.79 Å². The third-order valence-corrected chi connectivity index (χ3v) is 5.47. The summed E-state index contributed by atoms with van der Waals surface area (Å²) < 4.78 is 11.5. The van der Waals surface area contributed by atoms with Crippen molar-refractivity contribution in [3.05, 3.63) is 59.7 Å². The fourth-order valence-electron chi connectivity index (χ4n) is 3.54. The van der Waals surface area contributed by atoms with Crippen molar-refractivity contribution in [1.82, 2.24) is 4.90 Å². The first-order valence-corrected chi connectivity index (χ1v) is 10.9. The topological polar surface area (TPSA) is 50.8 Å². The lowest BCUT2D eigenvalue weighted by molar-refractivity contribution is -0.112. The first-order valence-electron chi connectivity index (χ1n) is 10.9. The number of amides is 1. The average Bonchev–Trinajstić information content (AvgIpc) is 2.75. The molecule has 5 nitrogen and oxygen atoms in total. The van der Waals surface area contributed by atoms with E-state index in [1.54, 1.807) is 7.11 Å². The maximum Gasteiger partial charge on any atom is 0.251 e. The minimum Gasteiger partial charge on any atom is -0.493 e. The molecule has 2 aromatic rings. The highest BCUT2D eigenvalue weighted by Gasteiger charge is 2.15. The van der Waals surface area contributed by atoms with Gasteiger partial charge in [0, 0.05) is 36.0 Å². The minimum absolute atomic E-state index is 0.136. The van der Waals surface area contributed by atoms with Gasteiger partial charge in [-0.25, -0.2) is 0 Å². The molecule has 0 atom stereocenters. The van der Waals surface area contributed by atoms with Gasteiger partial charge in [0.05, 0.1) is 7.11 Å². The Morgan fingerprint density at radius 3 is 2.19 bits per heavy atom. The standard InChI is InChI=1S/C26H36N2O3/c1-18(2)28(19(3)4)15-16-31-25-17-23(13-14-24(25)30-7)27-26(29)21(6)20(5)22-11-9-8-10-12-22/h8-14,17-19H,15-16H2,1-7H3,(H,27,29)/b21-20+. The monoisotopic (exact) mass is 424 g/mol. The van der Waals surface area contributed by atoms with Gasteiger partial charge in [0.1, 0.15) is 6.61 Å². The molecule has 0 saturated heterocycles. The van der Waals surface area contributed by atoms with E-state index < -0.39 is 0 Å². The molecule has 31 heavy (non-hydrogen) atoms. The highest BCUT2D eigenvalue weighted by Crippen LogP contribution is 2.31. The molecule has 1 amide bonds. The van der Waals surface area contributed by atoms with Gasteiger partial charge in [-0.3, -0.25) is 9.69 Å². The molecule has 0 fully saturated rings. The second kappa shape index (κ2) is 11.6. The molecule has 2 rings (SSSR count). The lowest BCUT2D eigenvalue weighted by Crippen LogP contribution is -2.39. The molecule has 0 aliphatic carbocycles. The molecule has 0 aromatic heterocycles. The molecule has 2 aromatic carbocycles. The summed E-state index contributed by atoms with van der Waals surface area (Å²) in [4.78, 5) is 15.2. The summed E-state index contributed by atoms with van der Waals surface area (Å²) in [5, 5.41) is 2.98. The summed E-state index contributed by atoms with van der Waals surface area (Å²) in [5.41, 5.74) is 3.33. The Hall–Kier alpha value is -2.79. The maximum atomic E-state index is 12.8. The van der Waals surface area contributed by atoms with Gasteiger partial charge < -0.3 is 14.8 Å². The average molecular weight is 425 g/mol. The van der Waals surface area contributed by atoms with Gasteiger partial charge >= 0.3 is 0 Å². The Balaban J connectivity index is 2.11. The summed E-state index contributed by atoms with van der Waals surface area (Å²) in [5.74, 6) is 1.13. The van der Waals surface area contributed by atoms with E-state index in [-0.39, 0.29) is 5.91 Å². The lowest BCUT2D eigenvalue weighted by atomic mass is 10.0. The molecule has 0 bridgehead atoms. The molecule has 0 saturated carbocycles. The quantitative estimate of drug-likeness (QED) is 0.503. The number of rotatable bonds is 10. The number of anilines is 1. The number of methoxy groups -OCH3 is 1. The molecule has 168 valence electrons. The van der Waals surface area contributed by atoms with Crippen LogP contribution in [0.25, 0.3) is 5.57 Å². The van der Waals surface area contributed by atoms with Gasteiger partial charge in [0.2, 0.25) is 0 Å². The highest BCUT2D eigenvalue weighted by atomic mass is 16.5. The van der Waals surface area contributed by atoms with Crippen molar-refractivity contribution in [3.63, 3.8) is 0 Å². The van der Waals surface area contributed by atoms with E-state index in [0.29, 0.717) is 41.5 Å². The van der Waals surface area contributed by atoms with Gasteiger partial charge in [-0.05, 0) is 64.8 Å². The summed E-state index contributed by atoms with van der Waals surface area (Å²) >= 11 is 0. The molecule has 1 N–H and O–H groups in total. The van der Waals surface area contributed by atoms with Crippen LogP contribution in [0.1, 0.15) is 47.1 Å². The van der Waals surface area contributed by atoms with Crippen LogP contribution in [0.5, 0.6) is 11.5 Å². The number of nitrogens with one attached hydrogen (secondary N) is 1. The maximum absolute atomic E-state index is 12.8. The van der Waals surface area contributed by atoms with Crippen molar-refractivity contribution in [2.45, 2.75) is 53.6 Å². The van der Waals surface area contributed by atoms with Crippen LogP contribution in [0.3, 0.4) is 0 Å². The second-order valence-electron chi connectivity index (χ2n) is 8.21. The van der Waals surface area contributed by atoms with Crippen LogP contribution in [0.4, 0.5) is 5.69 Å². The SMILES string of the molecule is COc1ccc(NC(=O)/C(C)=C(\C)c2ccccc2)cc1OCCN(C(C)C)C(C)C. The Labute approximate surface area is 187 Å². The van der Waals surface area contributed by atoms with E-state index in [4.69, 9.17) is 9.47 Å². The largest absolute Gasteiger partial charge is 0.493 e. The molecular formula is C26H36N2O3. The molecule has 0 aliphatic heterocycles. The van der Waals surface area contributed by atoms with Gasteiger partial charge in [-0.1, -0.05) is 30.3 Å². The van der Waals surface area contributed by atoms with Crippen molar-refractivity contribution in [1.29, 1.82) is 0 Å². The molecule has 0 unspecified atom stereocenters. The fourth-order valence-corrected chi connectivity index (χ4v) is 3.54. The molecular weight excluding hydrogens is 388 g/mol. The fraction of sp³-hybridized carbons (Fsp3) is 0.423. The lowest BCUT2D eigenvalue weighted by Gasteiger charge is -2.30. The number of carbonyl (C=O) groups excluding carboxylic acids is 1. The van der Waals surface area contributed by atoms with Crippen molar-refractivity contribution < 1.29 is 14.3 Å². The van der Waals surface area contributed by atoms with Crippen molar-refractivity contribution >= 4 is 17.2 Å². The molecule has 0 spiro atoms. The van der Waals surface area contributed by atoms with E-state index in [2.05, 4.69) is 37.9 Å². The number of hydrogen-bond acceptors (Lipinski definition) is 4. The Bertz CT molecular complexity index is 881. The van der Waals surface area contributed by atoms with Crippen molar-refractivity contribution in [2.24, 2.45) is 0 Å². The van der Waals surface area contributed by atoms with Gasteiger partial charge in [-0.2, -0.15) is 0 Å². The third kappa shape index (κ3) is 6.86. The number of ether oxygens (including phenoxy) is 2. The summed E-state index contributed by atoms with van der Waals surface area (Å²) in [6.45, 7) is 13.9. The van der Waals surface area contributed by atoms with E-state index in [0.717, 1.165) is 17.7 Å². The molecule has 5 heteroatoms. The molecule has 0 aliphatic rings. The van der Waals surface area contributed by atoms with Gasteiger partial charge in [-0.15, -0.1) is 0 Å². The summed E-state index contributed by atoms with van der Waals surface area (Å²) in [6, 6.07) is 16.3. The highest BCUT2D eigenvalue weighted by molar-refractivity contribution is 6.08. The minimum atomic E-state index is -0.136. The van der Waals surface area contributed by atoms with Gasteiger partial charge in [0.15, 0.2) is 11.5 Å². The van der Waals surface area contributed by atoms with E-state index in [1.807, 2.05) is 62.4 Å². The predicted octanol–water partition coefficient (Wildman–Crippen LogP) is 5.62. The molecule has 0 radical (unpaired) electrons. The second-order valence-corrected chi connectivity index (χ2v) is 8.21. The first-order chi connectivity index (χ1) is 14.7. The van der Waals surface area contributed by atoms with E-state index in [9.17, 15) is 4.79 Å². The van der Waals surface area contributed by atoms with Crippen LogP contribution < -0.4 is 14.8 Å². The van der Waals surface area contributed by atoms with Crippen LogP contribution in [0.2, 0.25) is 0 Å². The smallest absolute Gasteiger partial charge is 0.251 e. The van der Waals surface area contributed by atoms with Crippen molar-refractivity contribution in [3.8, 4) is 11.5 Å². The van der Waals surface area contributed by atoms with Crippen LogP contribution in [0.15, 0.2) is 54.1 Å². The van der Waals surface area contributed by atoms with Crippen LogP contribution in [-0.4, -0.2) is 43.2 Å². The predicted molar refractivity (Wildman–Crippen MR) is 129 cm³/mol. The third-order valence-electron chi connectivity index (χ3n) is 5.47.